The van der Waals surface area contributed by atoms with Crippen molar-refractivity contribution in [2.75, 3.05) is 32.8 Å². The minimum Gasteiger partial charge on any atom is -0.393 e. The number of ether oxygens (including phenoxy) is 1. The molecule has 2 atom stereocenters. The molecule has 2 heterocycles. The van der Waals surface area contributed by atoms with Crippen LogP contribution in [0.25, 0.3) is 0 Å². The fourth-order valence-electron chi connectivity index (χ4n) is 2.89. The highest BCUT2D eigenvalue weighted by Crippen LogP contribution is 2.20. The van der Waals surface area contributed by atoms with Gasteiger partial charge in [0.15, 0.2) is 0 Å². The number of amides is 1. The first-order valence-corrected chi connectivity index (χ1v) is 7.45. The standard InChI is InChI=1S/C14H26N2O3.ClH/c1-11(17)12-4-6-16(7-5-12)14(18)10-15-9-13-3-2-8-19-13;/h11-13,15,17H,2-10H2,1H3;1H. The molecule has 0 aromatic carbocycles. The number of nitrogens with one attached hydrogen (secondary N) is 1. The molecule has 2 saturated heterocycles. The highest BCUT2D eigenvalue weighted by Gasteiger charge is 2.25. The summed E-state index contributed by atoms with van der Waals surface area (Å²) in [4.78, 5) is 13.9. The maximum absolute atomic E-state index is 12.0. The monoisotopic (exact) mass is 306 g/mol. The van der Waals surface area contributed by atoms with Crippen molar-refractivity contribution >= 4 is 18.3 Å². The number of nitrogens with zero attached hydrogens (tertiary/aromatic N) is 1. The molecule has 1 amide bonds. The van der Waals surface area contributed by atoms with Gasteiger partial charge < -0.3 is 20.1 Å². The molecule has 0 aromatic rings. The third-order valence-corrected chi connectivity index (χ3v) is 4.25. The van der Waals surface area contributed by atoms with E-state index in [-0.39, 0.29) is 30.5 Å². The van der Waals surface area contributed by atoms with Gasteiger partial charge in [-0.1, -0.05) is 0 Å². The van der Waals surface area contributed by atoms with E-state index in [1.165, 1.54) is 0 Å². The van der Waals surface area contributed by atoms with E-state index in [0.29, 0.717) is 12.5 Å². The maximum atomic E-state index is 12.0. The van der Waals surface area contributed by atoms with Gasteiger partial charge in [0.25, 0.3) is 0 Å². The zero-order valence-electron chi connectivity index (χ0n) is 12.2. The Labute approximate surface area is 127 Å². The third kappa shape index (κ3) is 5.20. The van der Waals surface area contributed by atoms with Crippen LogP contribution in [0.15, 0.2) is 0 Å². The SMILES string of the molecule is CC(O)C1CCN(C(=O)CNCC2CCCO2)CC1.Cl. The summed E-state index contributed by atoms with van der Waals surface area (Å²) in [6.07, 6.45) is 4.09. The molecule has 0 bridgehead atoms. The number of aliphatic hydroxyl groups is 1. The van der Waals surface area contributed by atoms with Crippen molar-refractivity contribution in [3.8, 4) is 0 Å². The summed E-state index contributed by atoms with van der Waals surface area (Å²) in [5, 5.41) is 12.7. The first-order valence-electron chi connectivity index (χ1n) is 7.45. The molecule has 2 rings (SSSR count). The van der Waals surface area contributed by atoms with Crippen LogP contribution < -0.4 is 5.32 Å². The minimum absolute atomic E-state index is 0. The number of hydrogen-bond donors (Lipinski definition) is 2. The fourth-order valence-corrected chi connectivity index (χ4v) is 2.89. The van der Waals surface area contributed by atoms with E-state index in [2.05, 4.69) is 5.32 Å². The molecule has 6 heteroatoms. The number of likely N-dealkylation sites (tertiary alicyclic amines) is 1. The molecule has 2 unspecified atom stereocenters. The Kier molecular flexibility index (Phi) is 7.80. The van der Waals surface area contributed by atoms with Crippen LogP contribution in [-0.4, -0.2) is 60.9 Å². The number of halogens is 1. The van der Waals surface area contributed by atoms with Crippen LogP contribution in [0.3, 0.4) is 0 Å². The van der Waals surface area contributed by atoms with Crippen LogP contribution >= 0.6 is 12.4 Å². The van der Waals surface area contributed by atoms with E-state index >= 15 is 0 Å². The first-order chi connectivity index (χ1) is 9.16. The van der Waals surface area contributed by atoms with E-state index in [0.717, 1.165) is 51.9 Å². The second-order valence-electron chi connectivity index (χ2n) is 5.72. The minimum atomic E-state index is -0.255. The van der Waals surface area contributed by atoms with Gasteiger partial charge in [0, 0.05) is 26.2 Å². The lowest BCUT2D eigenvalue weighted by Gasteiger charge is -2.33. The fraction of sp³-hybridized carbons (Fsp3) is 0.929. The van der Waals surface area contributed by atoms with Gasteiger partial charge in [-0.25, -0.2) is 0 Å². The van der Waals surface area contributed by atoms with Crippen LogP contribution in [0.1, 0.15) is 32.6 Å². The zero-order chi connectivity index (χ0) is 13.7. The molecule has 2 fully saturated rings. The smallest absolute Gasteiger partial charge is 0.236 e. The number of carbonyl (C=O) groups is 1. The van der Waals surface area contributed by atoms with Crippen LogP contribution in [0.5, 0.6) is 0 Å². The number of rotatable bonds is 5. The summed E-state index contributed by atoms with van der Waals surface area (Å²) < 4.78 is 5.51. The van der Waals surface area contributed by atoms with E-state index in [1.54, 1.807) is 0 Å². The Morgan fingerprint density at radius 1 is 1.40 bits per heavy atom. The largest absolute Gasteiger partial charge is 0.393 e. The Bertz CT molecular complexity index is 288. The van der Waals surface area contributed by atoms with Gasteiger partial charge >= 0.3 is 0 Å². The van der Waals surface area contributed by atoms with Crippen molar-refractivity contribution in [2.45, 2.75) is 44.8 Å². The molecule has 2 aliphatic heterocycles. The predicted octanol–water partition coefficient (Wildman–Crippen LogP) is 0.796. The summed E-state index contributed by atoms with van der Waals surface area (Å²) in [5.74, 6) is 0.519. The van der Waals surface area contributed by atoms with E-state index in [9.17, 15) is 9.90 Å². The van der Waals surface area contributed by atoms with Crippen LogP contribution in [0.4, 0.5) is 0 Å². The van der Waals surface area contributed by atoms with Crippen molar-refractivity contribution in [1.82, 2.24) is 10.2 Å². The molecule has 5 nitrogen and oxygen atoms in total. The zero-order valence-corrected chi connectivity index (χ0v) is 13.0. The highest BCUT2D eigenvalue weighted by molar-refractivity contribution is 5.85. The normalized spacial score (nSPS) is 25.3. The molecular formula is C14H27ClN2O3. The third-order valence-electron chi connectivity index (χ3n) is 4.25. The van der Waals surface area contributed by atoms with Crippen molar-refractivity contribution in [2.24, 2.45) is 5.92 Å². The number of carbonyl (C=O) groups excluding carboxylic acids is 1. The summed E-state index contributed by atoms with van der Waals surface area (Å²) in [6, 6.07) is 0. The van der Waals surface area contributed by atoms with Crippen LogP contribution in [0.2, 0.25) is 0 Å². The number of aliphatic hydroxyl groups excluding tert-OH is 1. The Hall–Kier alpha value is -0.360. The summed E-state index contributed by atoms with van der Waals surface area (Å²) in [7, 11) is 0. The molecule has 20 heavy (non-hydrogen) atoms. The molecular weight excluding hydrogens is 280 g/mol. The molecule has 0 saturated carbocycles. The van der Waals surface area contributed by atoms with Gasteiger partial charge in [-0.05, 0) is 38.5 Å². The maximum Gasteiger partial charge on any atom is 0.236 e. The second-order valence-corrected chi connectivity index (χ2v) is 5.72. The highest BCUT2D eigenvalue weighted by atomic mass is 35.5. The summed E-state index contributed by atoms with van der Waals surface area (Å²) in [6.45, 7) is 5.42. The molecule has 118 valence electrons. The predicted molar refractivity (Wildman–Crippen MR) is 80.1 cm³/mol. The van der Waals surface area contributed by atoms with Crippen molar-refractivity contribution < 1.29 is 14.6 Å². The summed E-state index contributed by atoms with van der Waals surface area (Å²) in [5.41, 5.74) is 0. The van der Waals surface area contributed by atoms with Crippen molar-refractivity contribution in [3.63, 3.8) is 0 Å². The lowest BCUT2D eigenvalue weighted by molar-refractivity contribution is -0.132. The van der Waals surface area contributed by atoms with E-state index < -0.39 is 0 Å². The van der Waals surface area contributed by atoms with Crippen molar-refractivity contribution in [1.29, 1.82) is 0 Å². The van der Waals surface area contributed by atoms with Crippen molar-refractivity contribution in [3.05, 3.63) is 0 Å². The lowest BCUT2D eigenvalue weighted by Crippen LogP contribution is -2.45. The molecule has 2 aliphatic rings. The van der Waals surface area contributed by atoms with Gasteiger partial charge in [-0.2, -0.15) is 0 Å². The second kappa shape index (κ2) is 8.82. The Morgan fingerprint density at radius 2 is 2.10 bits per heavy atom. The Morgan fingerprint density at radius 3 is 2.65 bits per heavy atom. The first kappa shape index (κ1) is 17.7. The Balaban J connectivity index is 0.00000200. The number of piperidine rings is 1. The van der Waals surface area contributed by atoms with Gasteiger partial charge in [0.05, 0.1) is 18.8 Å². The average molecular weight is 307 g/mol. The van der Waals surface area contributed by atoms with Gasteiger partial charge in [-0.3, -0.25) is 4.79 Å². The quantitative estimate of drug-likeness (QED) is 0.788. The lowest BCUT2D eigenvalue weighted by atomic mass is 9.92. The average Bonchev–Trinajstić information content (AvgIpc) is 2.92. The van der Waals surface area contributed by atoms with Crippen LogP contribution in [0, 0.1) is 5.92 Å². The topological polar surface area (TPSA) is 61.8 Å². The molecule has 0 aliphatic carbocycles. The van der Waals surface area contributed by atoms with E-state index in [4.69, 9.17) is 4.74 Å². The van der Waals surface area contributed by atoms with E-state index in [1.807, 2.05) is 11.8 Å². The van der Waals surface area contributed by atoms with Gasteiger partial charge in [-0.15, -0.1) is 12.4 Å². The number of hydrogen-bond acceptors (Lipinski definition) is 4. The molecule has 0 aromatic heterocycles. The van der Waals surface area contributed by atoms with Crippen LogP contribution in [-0.2, 0) is 9.53 Å². The van der Waals surface area contributed by atoms with Gasteiger partial charge in [0.2, 0.25) is 5.91 Å². The molecule has 0 radical (unpaired) electrons. The molecule has 0 spiro atoms. The molecule has 2 N–H and O–H groups in total. The summed E-state index contributed by atoms with van der Waals surface area (Å²) >= 11 is 0. The van der Waals surface area contributed by atoms with Gasteiger partial charge in [0.1, 0.15) is 0 Å².